The molecule has 1 fully saturated rings. The van der Waals surface area contributed by atoms with E-state index < -0.39 is 17.8 Å². The zero-order valence-electron chi connectivity index (χ0n) is 10.6. The second-order valence-corrected chi connectivity index (χ2v) is 5.26. The summed E-state index contributed by atoms with van der Waals surface area (Å²) in [5.41, 5.74) is 0.648. The molecular formula is C14H17ClFNO2. The van der Waals surface area contributed by atoms with Gasteiger partial charge in [0.15, 0.2) is 0 Å². The number of likely N-dealkylation sites (tertiary alicyclic amines) is 1. The Labute approximate surface area is 117 Å². The van der Waals surface area contributed by atoms with Gasteiger partial charge in [0.2, 0.25) is 0 Å². The van der Waals surface area contributed by atoms with Crippen LogP contribution in [0.5, 0.6) is 0 Å². The summed E-state index contributed by atoms with van der Waals surface area (Å²) < 4.78 is 13.4. The van der Waals surface area contributed by atoms with Crippen LogP contribution in [0.1, 0.15) is 31.2 Å². The van der Waals surface area contributed by atoms with Crippen molar-refractivity contribution < 1.29 is 14.3 Å². The highest BCUT2D eigenvalue weighted by atomic mass is 35.5. The molecule has 0 bridgehead atoms. The van der Waals surface area contributed by atoms with Crippen molar-refractivity contribution in [2.75, 3.05) is 6.54 Å². The highest BCUT2D eigenvalue weighted by molar-refractivity contribution is 6.31. The molecule has 1 unspecified atom stereocenters. The van der Waals surface area contributed by atoms with Gasteiger partial charge in [-0.1, -0.05) is 36.6 Å². The molecule has 0 radical (unpaired) electrons. The molecule has 1 aromatic carbocycles. The standard InChI is InChI=1S/C14H17ClFNO2/c15-13-10(5-4-6-11(13)16)9-17-8-3-1-2-7-12(17)14(18)19/h4-6,12H,1-3,7-9H2,(H,18,19). The monoisotopic (exact) mass is 285 g/mol. The van der Waals surface area contributed by atoms with Crippen LogP contribution in [0.2, 0.25) is 5.02 Å². The number of hydrogen-bond acceptors (Lipinski definition) is 2. The van der Waals surface area contributed by atoms with Gasteiger partial charge in [0, 0.05) is 6.54 Å². The van der Waals surface area contributed by atoms with Crippen LogP contribution in [0.4, 0.5) is 4.39 Å². The first kappa shape index (κ1) is 14.3. The van der Waals surface area contributed by atoms with E-state index in [1.165, 1.54) is 6.07 Å². The maximum absolute atomic E-state index is 13.4. The maximum atomic E-state index is 13.4. The number of nitrogens with zero attached hydrogens (tertiary/aromatic N) is 1. The molecule has 104 valence electrons. The minimum atomic E-state index is -0.811. The first-order valence-corrected chi connectivity index (χ1v) is 6.87. The molecular weight excluding hydrogens is 269 g/mol. The molecule has 1 aliphatic rings. The second kappa shape index (κ2) is 6.35. The van der Waals surface area contributed by atoms with Gasteiger partial charge >= 0.3 is 5.97 Å². The van der Waals surface area contributed by atoms with Crippen molar-refractivity contribution in [3.8, 4) is 0 Å². The van der Waals surface area contributed by atoms with Gasteiger partial charge in [-0.25, -0.2) is 4.39 Å². The quantitative estimate of drug-likeness (QED) is 0.926. The molecule has 1 saturated heterocycles. The average Bonchev–Trinajstić information content (AvgIpc) is 2.60. The first-order chi connectivity index (χ1) is 9.09. The van der Waals surface area contributed by atoms with E-state index in [9.17, 15) is 14.3 Å². The molecule has 1 heterocycles. The molecule has 1 atom stereocenters. The molecule has 3 nitrogen and oxygen atoms in total. The molecule has 0 saturated carbocycles. The summed E-state index contributed by atoms with van der Waals surface area (Å²) in [4.78, 5) is 13.2. The number of halogens is 2. The average molecular weight is 286 g/mol. The lowest BCUT2D eigenvalue weighted by atomic mass is 10.1. The van der Waals surface area contributed by atoms with Crippen LogP contribution < -0.4 is 0 Å². The highest BCUT2D eigenvalue weighted by Gasteiger charge is 2.27. The lowest BCUT2D eigenvalue weighted by Gasteiger charge is -2.27. The molecule has 1 aliphatic heterocycles. The van der Waals surface area contributed by atoms with Gasteiger partial charge in [0.1, 0.15) is 11.9 Å². The summed E-state index contributed by atoms with van der Waals surface area (Å²) in [5.74, 6) is -1.27. The Morgan fingerprint density at radius 1 is 1.42 bits per heavy atom. The highest BCUT2D eigenvalue weighted by Crippen LogP contribution is 2.24. The summed E-state index contributed by atoms with van der Waals surface area (Å²) >= 11 is 5.93. The largest absolute Gasteiger partial charge is 0.480 e. The molecule has 1 N–H and O–H groups in total. The zero-order valence-corrected chi connectivity index (χ0v) is 11.4. The Kier molecular flexibility index (Phi) is 4.77. The maximum Gasteiger partial charge on any atom is 0.320 e. The lowest BCUT2D eigenvalue weighted by molar-refractivity contribution is -0.143. The molecule has 0 aromatic heterocycles. The van der Waals surface area contributed by atoms with E-state index in [4.69, 9.17) is 11.6 Å². The Balaban J connectivity index is 2.18. The van der Waals surface area contributed by atoms with Crippen molar-refractivity contribution >= 4 is 17.6 Å². The first-order valence-electron chi connectivity index (χ1n) is 6.49. The van der Waals surface area contributed by atoms with Crippen molar-refractivity contribution in [1.29, 1.82) is 0 Å². The number of aliphatic carboxylic acids is 1. The van der Waals surface area contributed by atoms with Crippen molar-refractivity contribution in [1.82, 2.24) is 4.90 Å². The third kappa shape index (κ3) is 3.45. The SMILES string of the molecule is O=C(O)C1CCCCCN1Cc1cccc(F)c1Cl. The van der Waals surface area contributed by atoms with E-state index >= 15 is 0 Å². The Bertz CT molecular complexity index is 467. The minimum absolute atomic E-state index is 0.0934. The fourth-order valence-electron chi connectivity index (χ4n) is 2.53. The third-order valence-electron chi connectivity index (χ3n) is 3.55. The topological polar surface area (TPSA) is 40.5 Å². The molecule has 5 heteroatoms. The fourth-order valence-corrected chi connectivity index (χ4v) is 2.71. The Morgan fingerprint density at radius 2 is 2.21 bits per heavy atom. The molecule has 0 aliphatic carbocycles. The second-order valence-electron chi connectivity index (χ2n) is 4.89. The summed E-state index contributed by atoms with van der Waals surface area (Å²) in [6.45, 7) is 1.09. The summed E-state index contributed by atoms with van der Waals surface area (Å²) in [5, 5.41) is 9.38. The molecule has 2 rings (SSSR count). The van der Waals surface area contributed by atoms with Crippen LogP contribution in [0.25, 0.3) is 0 Å². The number of carboxylic acids is 1. The third-order valence-corrected chi connectivity index (χ3v) is 3.98. The molecule has 0 amide bonds. The van der Waals surface area contributed by atoms with E-state index in [1.807, 2.05) is 4.90 Å². The van der Waals surface area contributed by atoms with Crippen LogP contribution in [0, 0.1) is 5.82 Å². The van der Waals surface area contributed by atoms with Crippen LogP contribution in [-0.4, -0.2) is 28.6 Å². The summed E-state index contributed by atoms with van der Waals surface area (Å²) in [6, 6.07) is 4.16. The predicted molar refractivity (Wildman–Crippen MR) is 71.7 cm³/mol. The summed E-state index contributed by atoms with van der Waals surface area (Å²) in [6.07, 6.45) is 3.57. The van der Waals surface area contributed by atoms with Gasteiger partial charge in [-0.2, -0.15) is 0 Å². The number of benzene rings is 1. The zero-order chi connectivity index (χ0) is 13.8. The van der Waals surface area contributed by atoms with Crippen LogP contribution in [-0.2, 0) is 11.3 Å². The van der Waals surface area contributed by atoms with Gasteiger partial charge in [0.25, 0.3) is 0 Å². The summed E-state index contributed by atoms with van der Waals surface area (Å²) in [7, 11) is 0. The predicted octanol–water partition coefficient (Wildman–Crippen LogP) is 3.31. The Hall–Kier alpha value is -1.13. The van der Waals surface area contributed by atoms with E-state index in [2.05, 4.69) is 0 Å². The number of hydrogen-bond donors (Lipinski definition) is 1. The Morgan fingerprint density at radius 3 is 2.95 bits per heavy atom. The van der Waals surface area contributed by atoms with E-state index in [0.717, 1.165) is 19.3 Å². The van der Waals surface area contributed by atoms with E-state index in [-0.39, 0.29) is 5.02 Å². The van der Waals surface area contributed by atoms with Gasteiger partial charge in [0.05, 0.1) is 5.02 Å². The van der Waals surface area contributed by atoms with Gasteiger partial charge in [-0.3, -0.25) is 9.69 Å². The molecule has 0 spiro atoms. The smallest absolute Gasteiger partial charge is 0.320 e. The van der Waals surface area contributed by atoms with Crippen molar-refractivity contribution in [3.63, 3.8) is 0 Å². The van der Waals surface area contributed by atoms with E-state index in [1.54, 1.807) is 12.1 Å². The van der Waals surface area contributed by atoms with Crippen LogP contribution >= 0.6 is 11.6 Å². The van der Waals surface area contributed by atoms with Crippen LogP contribution in [0.15, 0.2) is 18.2 Å². The van der Waals surface area contributed by atoms with Gasteiger partial charge < -0.3 is 5.11 Å². The number of carbonyl (C=O) groups is 1. The molecule has 19 heavy (non-hydrogen) atoms. The normalized spacial score (nSPS) is 21.1. The number of rotatable bonds is 3. The van der Waals surface area contributed by atoms with Crippen molar-refractivity contribution in [2.45, 2.75) is 38.3 Å². The van der Waals surface area contributed by atoms with Gasteiger partial charge in [-0.05, 0) is 31.0 Å². The van der Waals surface area contributed by atoms with Gasteiger partial charge in [-0.15, -0.1) is 0 Å². The van der Waals surface area contributed by atoms with Crippen molar-refractivity contribution in [3.05, 3.63) is 34.6 Å². The van der Waals surface area contributed by atoms with Crippen LogP contribution in [0.3, 0.4) is 0 Å². The minimum Gasteiger partial charge on any atom is -0.480 e. The number of carboxylic acid groups (broad SMARTS) is 1. The molecule has 1 aromatic rings. The van der Waals surface area contributed by atoms with E-state index in [0.29, 0.717) is 25.1 Å². The lowest BCUT2D eigenvalue weighted by Crippen LogP contribution is -2.40. The van der Waals surface area contributed by atoms with Crippen molar-refractivity contribution in [2.24, 2.45) is 0 Å². The fraction of sp³-hybridized carbons (Fsp3) is 0.500.